The van der Waals surface area contributed by atoms with E-state index in [2.05, 4.69) is 153 Å². The number of halogens is 1. The van der Waals surface area contributed by atoms with Crippen molar-refractivity contribution in [3.05, 3.63) is 167 Å². The zero-order valence-electron chi connectivity index (χ0n) is 51.6. The van der Waals surface area contributed by atoms with Crippen molar-refractivity contribution >= 4 is 35.3 Å². The quantitative estimate of drug-likeness (QED) is 0.0546. The lowest BCUT2D eigenvalue weighted by atomic mass is 9.74. The Morgan fingerprint density at radius 2 is 1.05 bits per heavy atom. The fourth-order valence-corrected chi connectivity index (χ4v) is 13.3. The molecule has 3 saturated carbocycles. The normalized spacial score (nSPS) is 23.5. The molecule has 0 saturated heterocycles. The minimum Gasteiger partial charge on any atom is -0.481 e. The number of para-hydroxylation sites is 1. The number of ether oxygens (including phenoxy) is 2. The molecular weight excluding hydrogens is 1070 g/mol. The van der Waals surface area contributed by atoms with Gasteiger partial charge in [-0.15, -0.1) is 0 Å². The lowest BCUT2D eigenvalue weighted by Gasteiger charge is -2.48. The van der Waals surface area contributed by atoms with E-state index in [1.54, 1.807) is 31.2 Å². The molecule has 13 nitrogen and oxygen atoms in total. The summed E-state index contributed by atoms with van der Waals surface area (Å²) in [6.07, 6.45) is 14.5. The molecule has 2 unspecified atom stereocenters. The van der Waals surface area contributed by atoms with Gasteiger partial charge in [-0.3, -0.25) is 19.2 Å². The monoisotopic (exact) mass is 1170 g/mol. The van der Waals surface area contributed by atoms with Gasteiger partial charge < -0.3 is 44.8 Å². The number of carboxylic acid groups (broad SMARTS) is 1. The highest BCUT2D eigenvalue weighted by Gasteiger charge is 2.54. The maximum Gasteiger partial charge on any atom is 0.303 e. The number of nitrogens with one attached hydrogen (secondary N) is 2. The zero-order valence-corrected chi connectivity index (χ0v) is 52.3. The van der Waals surface area contributed by atoms with Crippen LogP contribution in [-0.2, 0) is 38.4 Å². The molecule has 3 N–H and O–H groups in total. The SMILES string of the molecule is CN(C)C1(Cc2ccccc2)CCC(NC(=O)CCCC(=O)O)CC1.Cc1ccc(CC2(N(C)C)CCC(N(C)C(=O)C(C)(Oc3ccccc3)C(Oc3ccc(Cl)cc3)C(=O)NC3CCC(CCc4ccccc4)(N(C)C)CC3)CC2)cc1. The Hall–Kier alpha value is -6.25. The second-order valence-electron chi connectivity index (χ2n) is 25.2. The lowest BCUT2D eigenvalue weighted by molar-refractivity contribution is -0.163. The summed E-state index contributed by atoms with van der Waals surface area (Å²) in [5, 5.41) is 15.6. The van der Waals surface area contributed by atoms with Gasteiger partial charge in [0.1, 0.15) is 11.5 Å². The zero-order chi connectivity index (χ0) is 60.5. The fraction of sp³-hybridized carbons (Fsp3) is 0.514. The molecule has 454 valence electrons. The summed E-state index contributed by atoms with van der Waals surface area (Å²) in [6.45, 7) is 3.83. The number of hydrogen-bond acceptors (Lipinski definition) is 9. The molecule has 8 rings (SSSR count). The number of aryl methyl sites for hydroxylation is 2. The number of carbonyl (C=O) groups excluding carboxylic acids is 3. The number of benzene rings is 5. The van der Waals surface area contributed by atoms with Crippen LogP contribution in [0.4, 0.5) is 0 Å². The van der Waals surface area contributed by atoms with Crippen LogP contribution in [0.3, 0.4) is 0 Å². The molecule has 5 aromatic rings. The summed E-state index contributed by atoms with van der Waals surface area (Å²) >= 11 is 6.28. The van der Waals surface area contributed by atoms with Gasteiger partial charge in [-0.2, -0.15) is 0 Å². The molecule has 0 aromatic heterocycles. The van der Waals surface area contributed by atoms with Crippen LogP contribution < -0.4 is 20.1 Å². The van der Waals surface area contributed by atoms with Crippen molar-refractivity contribution in [1.29, 1.82) is 0 Å². The molecular formula is C70H95ClN6O7. The van der Waals surface area contributed by atoms with Gasteiger partial charge in [0.25, 0.3) is 11.8 Å². The van der Waals surface area contributed by atoms with Gasteiger partial charge in [0.05, 0.1) is 0 Å². The molecule has 3 amide bonds. The van der Waals surface area contributed by atoms with E-state index in [9.17, 15) is 14.4 Å². The van der Waals surface area contributed by atoms with Crippen LogP contribution in [0.15, 0.2) is 140 Å². The Balaban J connectivity index is 0.000000338. The van der Waals surface area contributed by atoms with E-state index in [1.165, 1.54) is 22.3 Å². The van der Waals surface area contributed by atoms with Crippen LogP contribution in [0.1, 0.15) is 132 Å². The number of likely N-dealkylation sites (N-methyl/N-ethyl adjacent to an activating group) is 3. The van der Waals surface area contributed by atoms with Crippen LogP contribution in [0.5, 0.6) is 11.5 Å². The summed E-state index contributed by atoms with van der Waals surface area (Å²) < 4.78 is 13.3. The van der Waals surface area contributed by atoms with Crippen molar-refractivity contribution < 1.29 is 33.8 Å². The first-order chi connectivity index (χ1) is 40.1. The van der Waals surface area contributed by atoms with Gasteiger partial charge in [-0.25, -0.2) is 0 Å². The van der Waals surface area contributed by atoms with E-state index >= 15 is 4.79 Å². The minimum absolute atomic E-state index is 0.0216. The Labute approximate surface area is 506 Å². The fourth-order valence-electron chi connectivity index (χ4n) is 13.2. The Kier molecular flexibility index (Phi) is 23.5. The van der Waals surface area contributed by atoms with Crippen LogP contribution in [0.25, 0.3) is 0 Å². The number of amides is 3. The smallest absolute Gasteiger partial charge is 0.303 e. The summed E-state index contributed by atoms with van der Waals surface area (Å²) in [6, 6.07) is 46.3. The van der Waals surface area contributed by atoms with E-state index in [4.69, 9.17) is 26.2 Å². The maximum absolute atomic E-state index is 15.2. The number of rotatable bonds is 24. The summed E-state index contributed by atoms with van der Waals surface area (Å²) in [4.78, 5) is 61.5. The van der Waals surface area contributed by atoms with Crippen molar-refractivity contribution in [1.82, 2.24) is 30.2 Å². The maximum atomic E-state index is 15.2. The molecule has 84 heavy (non-hydrogen) atoms. The number of aliphatic carboxylic acids is 1. The Morgan fingerprint density at radius 1 is 0.583 bits per heavy atom. The van der Waals surface area contributed by atoms with E-state index in [0.29, 0.717) is 29.4 Å². The number of carboxylic acids is 1. The van der Waals surface area contributed by atoms with Gasteiger partial charge in [0.2, 0.25) is 17.6 Å². The highest BCUT2D eigenvalue weighted by atomic mass is 35.5. The van der Waals surface area contributed by atoms with Crippen molar-refractivity contribution in [3.8, 4) is 11.5 Å². The van der Waals surface area contributed by atoms with E-state index in [0.717, 1.165) is 103 Å². The minimum atomic E-state index is -1.73. The average Bonchev–Trinajstić information content (AvgIpc) is 2.39. The first-order valence-corrected chi connectivity index (χ1v) is 30.9. The molecule has 3 aliphatic rings. The molecule has 3 fully saturated rings. The van der Waals surface area contributed by atoms with Gasteiger partial charge >= 0.3 is 5.97 Å². The predicted molar refractivity (Wildman–Crippen MR) is 338 cm³/mol. The van der Waals surface area contributed by atoms with Gasteiger partial charge in [0.15, 0.2) is 0 Å². The second kappa shape index (κ2) is 30.2. The largest absolute Gasteiger partial charge is 0.481 e. The number of nitrogens with zero attached hydrogens (tertiary/aromatic N) is 4. The van der Waals surface area contributed by atoms with Crippen molar-refractivity contribution in [3.63, 3.8) is 0 Å². The predicted octanol–water partition coefficient (Wildman–Crippen LogP) is 12.0. The van der Waals surface area contributed by atoms with Crippen LogP contribution in [0, 0.1) is 6.92 Å². The van der Waals surface area contributed by atoms with E-state index < -0.39 is 17.7 Å². The van der Waals surface area contributed by atoms with Crippen molar-refractivity contribution in [2.45, 2.75) is 182 Å². The lowest BCUT2D eigenvalue weighted by Crippen LogP contribution is -2.66. The van der Waals surface area contributed by atoms with Crippen LogP contribution in [0.2, 0.25) is 5.02 Å². The van der Waals surface area contributed by atoms with Crippen LogP contribution in [-0.4, -0.2) is 144 Å². The second-order valence-corrected chi connectivity index (χ2v) is 25.6. The standard InChI is InChI=1S/C50H65ClN4O4.C20H30N2O3/c1-37-18-20-39(21-19-37)36-50(54(5)6)34-29-42(30-35-50)55(7)47(57)48(2,59-44-16-12-9-13-17-44)45(58-43-24-22-40(51)23-25-43)46(56)52-41-27-32-49(33-28-41,53(3)4)31-26-38-14-10-8-11-15-38;1-22(2)20(15-16-7-4-3-5-8-16)13-11-17(12-14-20)21-18(23)9-6-10-19(24)25/h8-25,41-42,45H,26-36H2,1-7H3,(H,52,56);3-5,7-8,17H,6,9-15H2,1-2H3,(H,21,23)(H,24,25). The van der Waals surface area contributed by atoms with E-state index in [-0.39, 0.29) is 58.9 Å². The van der Waals surface area contributed by atoms with Crippen LogP contribution >= 0.6 is 11.6 Å². The highest BCUT2D eigenvalue weighted by Crippen LogP contribution is 2.41. The van der Waals surface area contributed by atoms with Crippen molar-refractivity contribution in [2.75, 3.05) is 49.3 Å². The third kappa shape index (κ3) is 17.7. The Bertz CT molecular complexity index is 2830. The molecule has 0 spiro atoms. The van der Waals surface area contributed by atoms with Gasteiger partial charge in [-0.05, 0) is 218 Å². The molecule has 0 heterocycles. The Morgan fingerprint density at radius 3 is 1.56 bits per heavy atom. The molecule has 0 aliphatic heterocycles. The average molecular weight is 1170 g/mol. The summed E-state index contributed by atoms with van der Waals surface area (Å²) in [5.74, 6) is -0.635. The van der Waals surface area contributed by atoms with Gasteiger partial charge in [-0.1, -0.05) is 120 Å². The van der Waals surface area contributed by atoms with E-state index in [1.807, 2.05) is 48.3 Å². The summed E-state index contributed by atoms with van der Waals surface area (Å²) in [7, 11) is 14.8. The topological polar surface area (TPSA) is 144 Å². The molecule has 5 aromatic carbocycles. The van der Waals surface area contributed by atoms with Gasteiger partial charge in [0, 0.05) is 59.7 Å². The molecule has 0 bridgehead atoms. The first-order valence-electron chi connectivity index (χ1n) is 30.5. The number of hydrogen-bond donors (Lipinski definition) is 3. The number of carbonyl (C=O) groups is 4. The van der Waals surface area contributed by atoms with Crippen molar-refractivity contribution in [2.24, 2.45) is 0 Å². The first kappa shape index (κ1) is 65.3. The molecule has 14 heteroatoms. The molecule has 3 aliphatic carbocycles. The molecule has 2 atom stereocenters. The third-order valence-electron chi connectivity index (χ3n) is 19.0. The molecule has 0 radical (unpaired) electrons. The third-order valence-corrected chi connectivity index (χ3v) is 19.2. The highest BCUT2D eigenvalue weighted by molar-refractivity contribution is 6.30. The summed E-state index contributed by atoms with van der Waals surface area (Å²) in [5.41, 5.74) is 3.70.